The van der Waals surface area contributed by atoms with Gasteiger partial charge in [-0.25, -0.2) is 0 Å². The summed E-state index contributed by atoms with van der Waals surface area (Å²) in [6, 6.07) is 18.5. The number of aryl methyl sites for hydroxylation is 1. The molecule has 3 aromatic rings. The van der Waals surface area contributed by atoms with E-state index in [1.54, 1.807) is 48.5 Å². The van der Waals surface area contributed by atoms with Gasteiger partial charge in [-0.3, -0.25) is 14.5 Å². The molecule has 1 N–H and O–H groups in total. The van der Waals surface area contributed by atoms with Gasteiger partial charge in [0.25, 0.3) is 11.7 Å². The molecule has 180 valence electrons. The number of aliphatic hydroxyl groups is 1. The van der Waals surface area contributed by atoms with Crippen LogP contribution >= 0.6 is 0 Å². The maximum atomic E-state index is 13.4. The first-order chi connectivity index (χ1) is 16.9. The SMILES string of the molecule is CCOc1ccc(C2/C(=C(/O)c3ccc(OC)c(OC)c3)C(=O)C(=O)N2c2ccccc2C)cc1. The number of anilines is 1. The topological polar surface area (TPSA) is 85.3 Å². The number of para-hydroxylation sites is 1. The number of carbonyl (C=O) groups is 2. The standard InChI is InChI=1S/C28H27NO6/c1-5-35-20-13-10-18(11-14-20)25-24(26(30)19-12-15-22(33-3)23(16-19)34-4)27(31)28(32)29(25)21-9-7-6-8-17(21)2/h6-16,25,30H,5H2,1-4H3/b26-24-. The average molecular weight is 474 g/mol. The Balaban J connectivity index is 1.93. The molecule has 35 heavy (non-hydrogen) atoms. The Labute approximate surface area is 204 Å². The second kappa shape index (κ2) is 9.93. The third-order valence-corrected chi connectivity index (χ3v) is 5.98. The molecular weight excluding hydrogens is 446 g/mol. The molecule has 1 atom stereocenters. The zero-order valence-electron chi connectivity index (χ0n) is 20.1. The molecule has 1 aliphatic rings. The Morgan fingerprint density at radius 3 is 2.26 bits per heavy atom. The predicted octanol–water partition coefficient (Wildman–Crippen LogP) is 5.04. The molecule has 7 heteroatoms. The number of Topliss-reactive ketones (excluding diaryl/α,β-unsaturated/α-hetero) is 1. The van der Waals surface area contributed by atoms with Gasteiger partial charge in [-0.1, -0.05) is 30.3 Å². The second-order valence-electron chi connectivity index (χ2n) is 8.03. The van der Waals surface area contributed by atoms with Crippen molar-refractivity contribution in [1.29, 1.82) is 0 Å². The minimum atomic E-state index is -0.833. The summed E-state index contributed by atoms with van der Waals surface area (Å²) in [4.78, 5) is 28.1. The van der Waals surface area contributed by atoms with Crippen LogP contribution in [0.4, 0.5) is 5.69 Å². The lowest BCUT2D eigenvalue weighted by molar-refractivity contribution is -0.132. The molecule has 7 nitrogen and oxygen atoms in total. The number of ketones is 1. The summed E-state index contributed by atoms with van der Waals surface area (Å²) in [5, 5.41) is 11.4. The highest BCUT2D eigenvalue weighted by Gasteiger charge is 2.47. The summed E-state index contributed by atoms with van der Waals surface area (Å²) in [5.41, 5.74) is 2.42. The van der Waals surface area contributed by atoms with Crippen molar-refractivity contribution in [2.45, 2.75) is 19.9 Å². The lowest BCUT2D eigenvalue weighted by Crippen LogP contribution is -2.30. The summed E-state index contributed by atoms with van der Waals surface area (Å²) in [5.74, 6) is -0.224. The summed E-state index contributed by atoms with van der Waals surface area (Å²) in [7, 11) is 3.00. The number of amides is 1. The van der Waals surface area contributed by atoms with E-state index < -0.39 is 17.7 Å². The van der Waals surface area contributed by atoms with E-state index >= 15 is 0 Å². The number of carbonyl (C=O) groups excluding carboxylic acids is 2. The van der Waals surface area contributed by atoms with Crippen LogP contribution < -0.4 is 19.1 Å². The number of aliphatic hydroxyl groups excluding tert-OH is 1. The number of rotatable bonds is 7. The van der Waals surface area contributed by atoms with E-state index in [-0.39, 0.29) is 11.3 Å². The quantitative estimate of drug-likeness (QED) is 0.294. The molecule has 1 unspecified atom stereocenters. The van der Waals surface area contributed by atoms with E-state index in [1.807, 2.05) is 32.0 Å². The van der Waals surface area contributed by atoms with Crippen molar-refractivity contribution in [3.8, 4) is 17.2 Å². The van der Waals surface area contributed by atoms with Gasteiger partial charge in [-0.2, -0.15) is 0 Å². The lowest BCUT2D eigenvalue weighted by atomic mass is 9.94. The van der Waals surface area contributed by atoms with Crippen LogP contribution in [0.2, 0.25) is 0 Å². The monoisotopic (exact) mass is 473 g/mol. The van der Waals surface area contributed by atoms with Gasteiger partial charge in [-0.15, -0.1) is 0 Å². The van der Waals surface area contributed by atoms with Gasteiger partial charge in [0.05, 0.1) is 32.4 Å². The van der Waals surface area contributed by atoms with Gasteiger partial charge in [-0.05, 0) is 61.4 Å². The molecule has 1 saturated heterocycles. The van der Waals surface area contributed by atoms with Crippen molar-refractivity contribution in [2.75, 3.05) is 25.7 Å². The van der Waals surface area contributed by atoms with Crippen LogP contribution in [0.15, 0.2) is 72.3 Å². The highest BCUT2D eigenvalue weighted by Crippen LogP contribution is 2.44. The molecule has 4 rings (SSSR count). The largest absolute Gasteiger partial charge is 0.507 e. The van der Waals surface area contributed by atoms with Crippen molar-refractivity contribution in [2.24, 2.45) is 0 Å². The number of benzene rings is 3. The summed E-state index contributed by atoms with van der Waals surface area (Å²) in [6.45, 7) is 4.28. The van der Waals surface area contributed by atoms with Gasteiger partial charge in [0.15, 0.2) is 11.5 Å². The fourth-order valence-corrected chi connectivity index (χ4v) is 4.28. The molecule has 1 heterocycles. The second-order valence-corrected chi connectivity index (χ2v) is 8.03. The first-order valence-electron chi connectivity index (χ1n) is 11.2. The zero-order chi connectivity index (χ0) is 25.1. The Kier molecular flexibility index (Phi) is 6.78. The number of hydrogen-bond donors (Lipinski definition) is 1. The smallest absolute Gasteiger partial charge is 0.300 e. The molecule has 3 aromatic carbocycles. The molecular formula is C28H27NO6. The Morgan fingerprint density at radius 2 is 1.63 bits per heavy atom. The van der Waals surface area contributed by atoms with Gasteiger partial charge >= 0.3 is 0 Å². The fraction of sp³-hybridized carbons (Fsp3) is 0.214. The third kappa shape index (κ3) is 4.33. The molecule has 0 aliphatic carbocycles. The molecule has 0 saturated carbocycles. The van der Waals surface area contributed by atoms with Crippen LogP contribution in [-0.4, -0.2) is 37.6 Å². The number of methoxy groups -OCH3 is 2. The number of nitrogens with zero attached hydrogens (tertiary/aromatic N) is 1. The minimum absolute atomic E-state index is 0.00497. The van der Waals surface area contributed by atoms with Crippen LogP contribution in [0.1, 0.15) is 29.7 Å². The van der Waals surface area contributed by atoms with Crippen molar-refractivity contribution in [3.63, 3.8) is 0 Å². The van der Waals surface area contributed by atoms with Crippen LogP contribution in [0.3, 0.4) is 0 Å². The van der Waals surface area contributed by atoms with Crippen LogP contribution in [0, 0.1) is 6.92 Å². The van der Waals surface area contributed by atoms with E-state index in [1.165, 1.54) is 19.1 Å². The third-order valence-electron chi connectivity index (χ3n) is 5.98. The van der Waals surface area contributed by atoms with E-state index in [9.17, 15) is 14.7 Å². The van der Waals surface area contributed by atoms with E-state index in [4.69, 9.17) is 14.2 Å². The first-order valence-corrected chi connectivity index (χ1v) is 11.2. The molecule has 0 aromatic heterocycles. The molecule has 1 amide bonds. The molecule has 0 spiro atoms. The summed E-state index contributed by atoms with van der Waals surface area (Å²) >= 11 is 0. The van der Waals surface area contributed by atoms with E-state index in [0.717, 1.165) is 5.56 Å². The van der Waals surface area contributed by atoms with Gasteiger partial charge < -0.3 is 19.3 Å². The van der Waals surface area contributed by atoms with Gasteiger partial charge in [0.1, 0.15) is 11.5 Å². The lowest BCUT2D eigenvalue weighted by Gasteiger charge is -2.27. The summed E-state index contributed by atoms with van der Waals surface area (Å²) < 4.78 is 16.2. The van der Waals surface area contributed by atoms with Crippen LogP contribution in [0.5, 0.6) is 17.2 Å². The fourth-order valence-electron chi connectivity index (χ4n) is 4.28. The van der Waals surface area contributed by atoms with Crippen LogP contribution in [0.25, 0.3) is 5.76 Å². The van der Waals surface area contributed by atoms with E-state index in [2.05, 4.69) is 0 Å². The Hall–Kier alpha value is -4.26. The van der Waals surface area contributed by atoms with Crippen molar-refractivity contribution in [1.82, 2.24) is 0 Å². The predicted molar refractivity (Wildman–Crippen MR) is 133 cm³/mol. The Bertz CT molecular complexity index is 1300. The highest BCUT2D eigenvalue weighted by atomic mass is 16.5. The Morgan fingerprint density at radius 1 is 0.943 bits per heavy atom. The number of hydrogen-bond acceptors (Lipinski definition) is 6. The van der Waals surface area contributed by atoms with Crippen molar-refractivity contribution in [3.05, 3.63) is 89.0 Å². The molecule has 0 radical (unpaired) electrons. The zero-order valence-corrected chi connectivity index (χ0v) is 20.1. The molecule has 1 fully saturated rings. The van der Waals surface area contributed by atoms with Gasteiger partial charge in [0, 0.05) is 11.3 Å². The van der Waals surface area contributed by atoms with E-state index in [0.29, 0.717) is 40.7 Å². The van der Waals surface area contributed by atoms with Gasteiger partial charge in [0.2, 0.25) is 0 Å². The maximum Gasteiger partial charge on any atom is 0.300 e. The molecule has 1 aliphatic heterocycles. The normalized spacial score (nSPS) is 16.9. The van der Waals surface area contributed by atoms with Crippen molar-refractivity contribution < 1.29 is 28.9 Å². The maximum absolute atomic E-state index is 13.4. The highest BCUT2D eigenvalue weighted by molar-refractivity contribution is 6.51. The van der Waals surface area contributed by atoms with Crippen LogP contribution in [-0.2, 0) is 9.59 Å². The minimum Gasteiger partial charge on any atom is -0.507 e. The number of ether oxygens (including phenoxy) is 3. The molecule has 0 bridgehead atoms. The average Bonchev–Trinajstić information content (AvgIpc) is 3.14. The first kappa shape index (κ1) is 23.9. The summed E-state index contributed by atoms with van der Waals surface area (Å²) in [6.07, 6.45) is 0. The van der Waals surface area contributed by atoms with Crippen molar-refractivity contribution >= 4 is 23.1 Å².